The maximum Gasteiger partial charge on any atom is 0.337 e. The second kappa shape index (κ2) is 6.60. The van der Waals surface area contributed by atoms with Crippen LogP contribution in [0.5, 0.6) is 0 Å². The van der Waals surface area contributed by atoms with Gasteiger partial charge in [0, 0.05) is 25.8 Å². The fraction of sp³-hybridized carbons (Fsp3) is 0.333. The van der Waals surface area contributed by atoms with Crippen LogP contribution in [0.3, 0.4) is 0 Å². The molecule has 2 aromatic heterocycles. The SMILES string of the molecule is O=C(O)c1cccnc1CN1CCC(n2nnc3ccccc32)CC1. The Morgan fingerprint density at radius 1 is 1.16 bits per heavy atom. The summed E-state index contributed by atoms with van der Waals surface area (Å²) in [5, 5.41) is 17.8. The van der Waals surface area contributed by atoms with Crippen molar-refractivity contribution in [3.05, 3.63) is 53.9 Å². The average Bonchev–Trinajstić information content (AvgIpc) is 3.07. The Labute approximate surface area is 144 Å². The maximum absolute atomic E-state index is 11.3. The fourth-order valence-corrected chi connectivity index (χ4v) is 3.45. The molecular formula is C18H19N5O2. The number of fused-ring (bicyclic) bond motifs is 1. The molecule has 1 saturated heterocycles. The minimum absolute atomic E-state index is 0.284. The summed E-state index contributed by atoms with van der Waals surface area (Å²) < 4.78 is 2.02. The highest BCUT2D eigenvalue weighted by molar-refractivity contribution is 5.88. The van der Waals surface area contributed by atoms with Crippen molar-refractivity contribution in [1.29, 1.82) is 0 Å². The quantitative estimate of drug-likeness (QED) is 0.787. The molecule has 0 bridgehead atoms. The lowest BCUT2D eigenvalue weighted by Gasteiger charge is -2.32. The lowest BCUT2D eigenvalue weighted by Crippen LogP contribution is -2.35. The summed E-state index contributed by atoms with van der Waals surface area (Å²) in [4.78, 5) is 17.8. The molecular weight excluding hydrogens is 318 g/mol. The summed E-state index contributed by atoms with van der Waals surface area (Å²) in [5.41, 5.74) is 2.90. The Balaban J connectivity index is 1.45. The number of aromatic nitrogens is 4. The Bertz CT molecular complexity index is 899. The smallest absolute Gasteiger partial charge is 0.337 e. The Morgan fingerprint density at radius 2 is 1.96 bits per heavy atom. The lowest BCUT2D eigenvalue weighted by molar-refractivity contribution is 0.0693. The summed E-state index contributed by atoms with van der Waals surface area (Å²) in [6, 6.07) is 11.6. The maximum atomic E-state index is 11.3. The molecule has 3 heterocycles. The number of para-hydroxylation sites is 1. The third-order valence-electron chi connectivity index (χ3n) is 4.77. The second-order valence-corrected chi connectivity index (χ2v) is 6.33. The van der Waals surface area contributed by atoms with E-state index in [4.69, 9.17) is 0 Å². The molecule has 4 rings (SSSR count). The van der Waals surface area contributed by atoms with Crippen molar-refractivity contribution in [2.75, 3.05) is 13.1 Å². The van der Waals surface area contributed by atoms with Gasteiger partial charge in [-0.1, -0.05) is 17.3 Å². The van der Waals surface area contributed by atoms with Gasteiger partial charge in [0.25, 0.3) is 0 Å². The summed E-state index contributed by atoms with van der Waals surface area (Å²) in [7, 11) is 0. The number of hydrogen-bond acceptors (Lipinski definition) is 5. The Morgan fingerprint density at radius 3 is 2.76 bits per heavy atom. The average molecular weight is 337 g/mol. The van der Waals surface area contributed by atoms with Crippen LogP contribution in [0.25, 0.3) is 11.0 Å². The first-order valence-corrected chi connectivity index (χ1v) is 8.42. The van der Waals surface area contributed by atoms with E-state index in [1.165, 1.54) is 0 Å². The summed E-state index contributed by atoms with van der Waals surface area (Å²) in [6.45, 7) is 2.33. The van der Waals surface area contributed by atoms with Crippen LogP contribution in [0.15, 0.2) is 42.6 Å². The highest BCUT2D eigenvalue weighted by Crippen LogP contribution is 2.26. The van der Waals surface area contributed by atoms with Gasteiger partial charge in [-0.05, 0) is 37.1 Å². The van der Waals surface area contributed by atoms with Crippen molar-refractivity contribution >= 4 is 17.0 Å². The molecule has 1 aromatic carbocycles. The van der Waals surface area contributed by atoms with E-state index in [1.54, 1.807) is 18.3 Å². The van der Waals surface area contributed by atoms with Gasteiger partial charge in [-0.25, -0.2) is 9.48 Å². The van der Waals surface area contributed by atoms with Gasteiger partial charge in [0.1, 0.15) is 5.52 Å². The van der Waals surface area contributed by atoms with E-state index in [-0.39, 0.29) is 5.56 Å². The van der Waals surface area contributed by atoms with Gasteiger partial charge >= 0.3 is 5.97 Å². The van der Waals surface area contributed by atoms with Crippen molar-refractivity contribution in [2.24, 2.45) is 0 Å². The van der Waals surface area contributed by atoms with Crippen LogP contribution in [-0.4, -0.2) is 49.0 Å². The van der Waals surface area contributed by atoms with E-state index in [0.29, 0.717) is 18.3 Å². The summed E-state index contributed by atoms with van der Waals surface area (Å²) in [5.74, 6) is -0.924. The van der Waals surface area contributed by atoms with Crippen molar-refractivity contribution in [3.63, 3.8) is 0 Å². The van der Waals surface area contributed by atoms with Crippen LogP contribution in [-0.2, 0) is 6.54 Å². The zero-order valence-corrected chi connectivity index (χ0v) is 13.7. The number of likely N-dealkylation sites (tertiary alicyclic amines) is 1. The van der Waals surface area contributed by atoms with Crippen LogP contribution in [0, 0.1) is 0 Å². The first-order chi connectivity index (χ1) is 12.2. The normalized spacial score (nSPS) is 16.3. The fourth-order valence-electron chi connectivity index (χ4n) is 3.45. The first kappa shape index (κ1) is 15.7. The predicted octanol–water partition coefficient (Wildman–Crippen LogP) is 2.36. The number of pyridine rings is 1. The lowest BCUT2D eigenvalue weighted by atomic mass is 10.0. The van der Waals surface area contributed by atoms with Gasteiger partial charge in [-0.2, -0.15) is 0 Å². The topological polar surface area (TPSA) is 84.1 Å². The number of hydrogen-bond donors (Lipinski definition) is 1. The standard InChI is InChI=1S/C18H19N5O2/c24-18(25)14-4-3-9-19-16(14)12-22-10-7-13(8-11-22)23-17-6-2-1-5-15(17)20-21-23/h1-6,9,13H,7-8,10-12H2,(H,24,25). The van der Waals surface area contributed by atoms with E-state index in [0.717, 1.165) is 37.0 Å². The zero-order valence-electron chi connectivity index (χ0n) is 13.7. The first-order valence-electron chi connectivity index (χ1n) is 8.42. The van der Waals surface area contributed by atoms with E-state index < -0.39 is 5.97 Å². The Kier molecular flexibility index (Phi) is 4.15. The molecule has 1 N–H and O–H groups in total. The van der Waals surface area contributed by atoms with E-state index in [1.807, 2.05) is 22.9 Å². The number of carboxylic acids is 1. The van der Waals surface area contributed by atoms with Crippen LogP contribution in [0.1, 0.15) is 34.9 Å². The minimum Gasteiger partial charge on any atom is -0.478 e. The van der Waals surface area contributed by atoms with Crippen LogP contribution >= 0.6 is 0 Å². The number of carboxylic acid groups (broad SMARTS) is 1. The number of rotatable bonds is 4. The molecule has 0 aliphatic carbocycles. The van der Waals surface area contributed by atoms with Gasteiger partial charge in [0.05, 0.1) is 22.8 Å². The molecule has 0 spiro atoms. The molecule has 0 amide bonds. The number of nitrogens with zero attached hydrogens (tertiary/aromatic N) is 5. The van der Waals surface area contributed by atoms with Crippen molar-refractivity contribution < 1.29 is 9.90 Å². The monoisotopic (exact) mass is 337 g/mol. The molecule has 1 aliphatic heterocycles. The molecule has 0 radical (unpaired) electrons. The molecule has 0 unspecified atom stereocenters. The Hall–Kier alpha value is -2.80. The van der Waals surface area contributed by atoms with Gasteiger partial charge in [0.2, 0.25) is 0 Å². The number of benzene rings is 1. The highest BCUT2D eigenvalue weighted by atomic mass is 16.4. The van der Waals surface area contributed by atoms with Crippen LogP contribution < -0.4 is 0 Å². The molecule has 7 nitrogen and oxygen atoms in total. The molecule has 0 saturated carbocycles. The van der Waals surface area contributed by atoms with Gasteiger partial charge in [-0.15, -0.1) is 5.10 Å². The van der Waals surface area contributed by atoms with Crippen molar-refractivity contribution in [1.82, 2.24) is 24.9 Å². The number of aromatic carboxylic acids is 1. The molecule has 1 fully saturated rings. The molecule has 128 valence electrons. The second-order valence-electron chi connectivity index (χ2n) is 6.33. The van der Waals surface area contributed by atoms with E-state index in [9.17, 15) is 9.90 Å². The van der Waals surface area contributed by atoms with Crippen molar-refractivity contribution in [3.8, 4) is 0 Å². The molecule has 0 atom stereocenters. The third kappa shape index (κ3) is 3.10. The number of carbonyl (C=O) groups is 1. The van der Waals surface area contributed by atoms with Crippen molar-refractivity contribution in [2.45, 2.75) is 25.4 Å². The zero-order chi connectivity index (χ0) is 17.2. The molecule has 3 aromatic rings. The largest absolute Gasteiger partial charge is 0.478 e. The summed E-state index contributed by atoms with van der Waals surface area (Å²) >= 11 is 0. The predicted molar refractivity (Wildman–Crippen MR) is 92.3 cm³/mol. The molecule has 7 heteroatoms. The van der Waals surface area contributed by atoms with E-state index in [2.05, 4.69) is 26.3 Å². The van der Waals surface area contributed by atoms with E-state index >= 15 is 0 Å². The summed E-state index contributed by atoms with van der Waals surface area (Å²) in [6.07, 6.45) is 3.57. The van der Waals surface area contributed by atoms with Gasteiger partial charge < -0.3 is 5.11 Å². The highest BCUT2D eigenvalue weighted by Gasteiger charge is 2.24. The molecule has 1 aliphatic rings. The van der Waals surface area contributed by atoms with Crippen LogP contribution in [0.2, 0.25) is 0 Å². The molecule has 25 heavy (non-hydrogen) atoms. The number of piperidine rings is 1. The van der Waals surface area contributed by atoms with Gasteiger partial charge in [0.15, 0.2) is 0 Å². The van der Waals surface area contributed by atoms with Crippen LogP contribution in [0.4, 0.5) is 0 Å². The third-order valence-corrected chi connectivity index (χ3v) is 4.77. The van der Waals surface area contributed by atoms with Gasteiger partial charge in [-0.3, -0.25) is 9.88 Å². The minimum atomic E-state index is -0.924.